The minimum atomic E-state index is -0.729. The zero-order valence-corrected chi connectivity index (χ0v) is 11.4. The van der Waals surface area contributed by atoms with Crippen molar-refractivity contribution in [3.05, 3.63) is 28.8 Å². The average molecular weight is 268 g/mol. The Hall–Kier alpha value is -1.22. The van der Waals surface area contributed by atoms with E-state index in [9.17, 15) is 4.79 Å². The van der Waals surface area contributed by atoms with Crippen molar-refractivity contribution in [2.24, 2.45) is 5.92 Å². The number of halogens is 1. The van der Waals surface area contributed by atoms with E-state index in [1.807, 2.05) is 12.1 Å². The predicted octanol–water partition coefficient (Wildman–Crippen LogP) is 3.20. The third-order valence-electron chi connectivity index (χ3n) is 3.67. The molecule has 0 saturated heterocycles. The molecule has 2 unspecified atom stereocenters. The molecule has 0 aromatic heterocycles. The average Bonchev–Trinajstić information content (AvgIpc) is 2.68. The molecule has 4 heteroatoms. The summed E-state index contributed by atoms with van der Waals surface area (Å²) in [6.07, 6.45) is 1.51. The highest BCUT2D eigenvalue weighted by Gasteiger charge is 2.31. The second-order valence-corrected chi connectivity index (χ2v) is 5.26. The van der Waals surface area contributed by atoms with Gasteiger partial charge in [-0.15, -0.1) is 0 Å². The molecule has 0 radical (unpaired) electrons. The lowest BCUT2D eigenvalue weighted by molar-refractivity contribution is -0.141. The second-order valence-electron chi connectivity index (χ2n) is 4.86. The van der Waals surface area contributed by atoms with Crippen molar-refractivity contribution in [1.29, 1.82) is 0 Å². The fourth-order valence-electron chi connectivity index (χ4n) is 2.71. The number of rotatable bonds is 4. The van der Waals surface area contributed by atoms with E-state index in [0.29, 0.717) is 6.42 Å². The summed E-state index contributed by atoms with van der Waals surface area (Å²) in [6.45, 7) is 4.74. The van der Waals surface area contributed by atoms with Gasteiger partial charge in [-0.05, 0) is 37.5 Å². The molecule has 0 saturated carbocycles. The monoisotopic (exact) mass is 267 g/mol. The Labute approximate surface area is 112 Å². The summed E-state index contributed by atoms with van der Waals surface area (Å²) in [5.41, 5.74) is 2.32. The van der Waals surface area contributed by atoms with Crippen molar-refractivity contribution in [3.63, 3.8) is 0 Å². The minimum Gasteiger partial charge on any atom is -0.481 e. The van der Waals surface area contributed by atoms with Crippen molar-refractivity contribution in [1.82, 2.24) is 0 Å². The van der Waals surface area contributed by atoms with Gasteiger partial charge < -0.3 is 10.0 Å². The van der Waals surface area contributed by atoms with Gasteiger partial charge in [0.15, 0.2) is 0 Å². The van der Waals surface area contributed by atoms with Crippen LogP contribution in [-0.2, 0) is 11.2 Å². The number of nitrogens with zero attached hydrogens (tertiary/aromatic N) is 1. The number of fused-ring (bicyclic) bond motifs is 1. The molecule has 18 heavy (non-hydrogen) atoms. The van der Waals surface area contributed by atoms with Crippen LogP contribution in [0.5, 0.6) is 0 Å². The van der Waals surface area contributed by atoms with Crippen LogP contribution in [0.4, 0.5) is 5.69 Å². The minimum absolute atomic E-state index is 0.246. The predicted molar refractivity (Wildman–Crippen MR) is 73.4 cm³/mol. The Balaban J connectivity index is 2.22. The van der Waals surface area contributed by atoms with Gasteiger partial charge >= 0.3 is 5.97 Å². The van der Waals surface area contributed by atoms with Gasteiger partial charge in [0.25, 0.3) is 0 Å². The smallest absolute Gasteiger partial charge is 0.306 e. The maximum Gasteiger partial charge on any atom is 0.306 e. The fourth-order valence-corrected chi connectivity index (χ4v) is 2.96. The van der Waals surface area contributed by atoms with E-state index in [1.54, 1.807) is 6.92 Å². The molecule has 98 valence electrons. The van der Waals surface area contributed by atoms with Crippen molar-refractivity contribution in [2.75, 3.05) is 11.4 Å². The Morgan fingerprint density at radius 2 is 2.33 bits per heavy atom. The van der Waals surface area contributed by atoms with Gasteiger partial charge in [0, 0.05) is 23.3 Å². The Morgan fingerprint density at radius 1 is 1.61 bits per heavy atom. The number of hydrogen-bond donors (Lipinski definition) is 1. The van der Waals surface area contributed by atoms with Crippen molar-refractivity contribution in [2.45, 2.75) is 32.7 Å². The van der Waals surface area contributed by atoms with Gasteiger partial charge in [-0.3, -0.25) is 4.79 Å². The van der Waals surface area contributed by atoms with E-state index in [0.717, 1.165) is 29.2 Å². The van der Waals surface area contributed by atoms with E-state index in [-0.39, 0.29) is 12.0 Å². The zero-order valence-electron chi connectivity index (χ0n) is 10.7. The highest BCUT2D eigenvalue weighted by molar-refractivity contribution is 6.31. The summed E-state index contributed by atoms with van der Waals surface area (Å²) in [5.74, 6) is -1.05. The Kier molecular flexibility index (Phi) is 3.81. The summed E-state index contributed by atoms with van der Waals surface area (Å²) >= 11 is 6.21. The molecule has 3 nitrogen and oxygen atoms in total. The first kappa shape index (κ1) is 13.2. The molecular weight excluding hydrogens is 250 g/mol. The van der Waals surface area contributed by atoms with Crippen LogP contribution in [0.15, 0.2) is 18.2 Å². The largest absolute Gasteiger partial charge is 0.481 e. The second kappa shape index (κ2) is 5.19. The first-order chi connectivity index (χ1) is 8.54. The molecule has 1 aliphatic heterocycles. The van der Waals surface area contributed by atoms with E-state index in [2.05, 4.69) is 17.9 Å². The van der Waals surface area contributed by atoms with Crippen molar-refractivity contribution < 1.29 is 9.90 Å². The summed E-state index contributed by atoms with van der Waals surface area (Å²) < 4.78 is 0. The summed E-state index contributed by atoms with van der Waals surface area (Å²) in [5, 5.41) is 9.82. The van der Waals surface area contributed by atoms with Crippen LogP contribution in [0.1, 0.15) is 25.8 Å². The molecule has 1 aromatic rings. The highest BCUT2D eigenvalue weighted by Crippen LogP contribution is 2.38. The normalized spacial score (nSPS) is 19.7. The molecule has 2 rings (SSSR count). The Bertz CT molecular complexity index is 461. The van der Waals surface area contributed by atoms with Gasteiger partial charge in [0.1, 0.15) is 0 Å². The van der Waals surface area contributed by atoms with Gasteiger partial charge in [0.2, 0.25) is 0 Å². The highest BCUT2D eigenvalue weighted by atomic mass is 35.5. The zero-order chi connectivity index (χ0) is 13.3. The topological polar surface area (TPSA) is 40.5 Å². The van der Waals surface area contributed by atoms with E-state index >= 15 is 0 Å². The maximum absolute atomic E-state index is 11.0. The van der Waals surface area contributed by atoms with Crippen LogP contribution in [0.3, 0.4) is 0 Å². The van der Waals surface area contributed by atoms with Crippen LogP contribution < -0.4 is 4.90 Å². The van der Waals surface area contributed by atoms with Gasteiger partial charge in [-0.1, -0.05) is 24.6 Å². The standard InChI is InChI=1S/C14H18ClNO2/c1-3-16-10(7-9(2)14(17)18)8-11-12(15)5-4-6-13(11)16/h4-6,9-10H,3,7-8H2,1-2H3,(H,17,18). The molecule has 0 spiro atoms. The number of aliphatic carboxylic acids is 1. The molecule has 1 aliphatic rings. The van der Waals surface area contributed by atoms with Crippen LogP contribution >= 0.6 is 11.6 Å². The molecule has 0 amide bonds. The molecule has 1 aromatic carbocycles. The van der Waals surface area contributed by atoms with Crippen LogP contribution in [0.25, 0.3) is 0 Å². The van der Waals surface area contributed by atoms with Crippen LogP contribution in [0, 0.1) is 5.92 Å². The maximum atomic E-state index is 11.0. The molecule has 0 fully saturated rings. The van der Waals surface area contributed by atoms with E-state index in [1.165, 1.54) is 0 Å². The number of likely N-dealkylation sites (N-methyl/N-ethyl adjacent to an activating group) is 1. The molecular formula is C14H18ClNO2. The van der Waals surface area contributed by atoms with E-state index in [4.69, 9.17) is 16.7 Å². The summed E-state index contributed by atoms with van der Waals surface area (Å²) in [4.78, 5) is 13.2. The van der Waals surface area contributed by atoms with Gasteiger partial charge in [-0.2, -0.15) is 0 Å². The first-order valence-corrected chi connectivity index (χ1v) is 6.69. The number of anilines is 1. The summed E-state index contributed by atoms with van der Waals surface area (Å²) in [7, 11) is 0. The lowest BCUT2D eigenvalue weighted by Crippen LogP contribution is -2.34. The van der Waals surface area contributed by atoms with E-state index < -0.39 is 5.97 Å². The van der Waals surface area contributed by atoms with Crippen LogP contribution in [-0.4, -0.2) is 23.7 Å². The Morgan fingerprint density at radius 3 is 2.94 bits per heavy atom. The number of benzene rings is 1. The number of carbonyl (C=O) groups is 1. The number of carboxylic acids is 1. The lowest BCUT2D eigenvalue weighted by Gasteiger charge is -2.27. The van der Waals surface area contributed by atoms with Crippen LogP contribution in [0.2, 0.25) is 5.02 Å². The summed E-state index contributed by atoms with van der Waals surface area (Å²) in [6, 6.07) is 6.16. The van der Waals surface area contributed by atoms with Crippen molar-refractivity contribution in [3.8, 4) is 0 Å². The quantitative estimate of drug-likeness (QED) is 0.911. The van der Waals surface area contributed by atoms with Gasteiger partial charge in [-0.25, -0.2) is 0 Å². The molecule has 0 bridgehead atoms. The number of carboxylic acid groups (broad SMARTS) is 1. The van der Waals surface area contributed by atoms with Crippen molar-refractivity contribution >= 4 is 23.3 Å². The molecule has 1 N–H and O–H groups in total. The molecule has 2 atom stereocenters. The third-order valence-corrected chi connectivity index (χ3v) is 4.03. The van der Waals surface area contributed by atoms with Gasteiger partial charge in [0.05, 0.1) is 5.92 Å². The molecule has 0 aliphatic carbocycles. The first-order valence-electron chi connectivity index (χ1n) is 6.31. The SMILES string of the molecule is CCN1c2cccc(Cl)c2CC1CC(C)C(=O)O. The number of hydrogen-bond acceptors (Lipinski definition) is 2. The molecule has 1 heterocycles. The lowest BCUT2D eigenvalue weighted by atomic mass is 9.99. The third kappa shape index (κ3) is 2.32. The fraction of sp³-hybridized carbons (Fsp3) is 0.500.